The maximum absolute atomic E-state index is 10.4. The first-order valence-corrected chi connectivity index (χ1v) is 4.82. The molecule has 1 rings (SSSR count). The molecule has 0 bridgehead atoms. The molecule has 0 aliphatic heterocycles. The maximum Gasteiger partial charge on any atom is 0.123 e. The summed E-state index contributed by atoms with van der Waals surface area (Å²) in [6, 6.07) is 0. The molecular formula is C10H18O. The monoisotopic (exact) mass is 154 g/mol. The molecule has 0 radical (unpaired) electrons. The predicted octanol–water partition coefficient (Wildman–Crippen LogP) is 2.79. The molecule has 0 aromatic carbocycles. The minimum atomic E-state index is 0.392. The second-order valence-corrected chi connectivity index (χ2v) is 3.71. The highest BCUT2D eigenvalue weighted by Crippen LogP contribution is 2.30. The number of hydrogen-bond acceptors (Lipinski definition) is 1. The van der Waals surface area contributed by atoms with Crippen LogP contribution in [0.5, 0.6) is 0 Å². The molecule has 1 heteroatoms. The van der Waals surface area contributed by atoms with Gasteiger partial charge in [-0.2, -0.15) is 0 Å². The average Bonchev–Trinajstić information content (AvgIpc) is 2.07. The van der Waals surface area contributed by atoms with Crippen LogP contribution in [-0.2, 0) is 4.79 Å². The molecule has 0 N–H and O–H groups in total. The molecule has 1 aliphatic carbocycles. The largest absolute Gasteiger partial charge is 0.303 e. The molecule has 0 heterocycles. The Kier molecular flexibility index (Phi) is 3.61. The first-order valence-electron chi connectivity index (χ1n) is 4.82. The Labute approximate surface area is 69.2 Å². The van der Waals surface area contributed by atoms with Gasteiger partial charge in [-0.25, -0.2) is 0 Å². The molecule has 1 saturated carbocycles. The molecule has 11 heavy (non-hydrogen) atoms. The summed E-state index contributed by atoms with van der Waals surface area (Å²) in [5.74, 6) is 1.32. The Hall–Kier alpha value is -0.330. The zero-order valence-corrected chi connectivity index (χ0v) is 7.38. The van der Waals surface area contributed by atoms with Crippen LogP contribution in [0.1, 0.15) is 45.4 Å². The Morgan fingerprint density at radius 1 is 1.27 bits per heavy atom. The van der Waals surface area contributed by atoms with Gasteiger partial charge < -0.3 is 4.79 Å². The van der Waals surface area contributed by atoms with E-state index < -0.39 is 0 Å². The predicted molar refractivity (Wildman–Crippen MR) is 46.4 cm³/mol. The second-order valence-electron chi connectivity index (χ2n) is 3.71. The topological polar surface area (TPSA) is 17.1 Å². The van der Waals surface area contributed by atoms with Crippen LogP contribution >= 0.6 is 0 Å². The molecule has 0 aromatic heterocycles. The molecule has 0 saturated heterocycles. The van der Waals surface area contributed by atoms with Crippen LogP contribution in [0.4, 0.5) is 0 Å². The SMILES string of the molecule is CCC[C@H]1CC[C@H](C=O)CC1. The van der Waals surface area contributed by atoms with Crippen molar-refractivity contribution in [2.45, 2.75) is 45.4 Å². The van der Waals surface area contributed by atoms with Crippen molar-refractivity contribution in [1.29, 1.82) is 0 Å². The van der Waals surface area contributed by atoms with E-state index >= 15 is 0 Å². The fourth-order valence-electron chi connectivity index (χ4n) is 2.02. The Morgan fingerprint density at radius 2 is 1.91 bits per heavy atom. The van der Waals surface area contributed by atoms with Crippen molar-refractivity contribution in [3.63, 3.8) is 0 Å². The summed E-state index contributed by atoms with van der Waals surface area (Å²) in [6.45, 7) is 2.24. The van der Waals surface area contributed by atoms with Crippen molar-refractivity contribution in [3.05, 3.63) is 0 Å². The summed E-state index contributed by atoms with van der Waals surface area (Å²) in [6.07, 6.45) is 8.68. The van der Waals surface area contributed by atoms with Crippen molar-refractivity contribution >= 4 is 6.29 Å². The van der Waals surface area contributed by atoms with Gasteiger partial charge in [0.1, 0.15) is 6.29 Å². The van der Waals surface area contributed by atoms with Crippen LogP contribution in [0.15, 0.2) is 0 Å². The molecule has 1 nitrogen and oxygen atoms in total. The van der Waals surface area contributed by atoms with E-state index in [4.69, 9.17) is 0 Å². The van der Waals surface area contributed by atoms with Crippen LogP contribution < -0.4 is 0 Å². The van der Waals surface area contributed by atoms with Gasteiger partial charge >= 0.3 is 0 Å². The van der Waals surface area contributed by atoms with Gasteiger partial charge in [-0.05, 0) is 31.6 Å². The van der Waals surface area contributed by atoms with Crippen LogP contribution in [0, 0.1) is 11.8 Å². The molecular weight excluding hydrogens is 136 g/mol. The Bertz CT molecular complexity index is 112. The quantitative estimate of drug-likeness (QED) is 0.571. The lowest BCUT2D eigenvalue weighted by atomic mass is 9.81. The van der Waals surface area contributed by atoms with Gasteiger partial charge in [0.15, 0.2) is 0 Å². The highest BCUT2D eigenvalue weighted by molar-refractivity contribution is 5.53. The molecule has 64 valence electrons. The summed E-state index contributed by atoms with van der Waals surface area (Å²) in [4.78, 5) is 10.4. The minimum absolute atomic E-state index is 0.392. The van der Waals surface area contributed by atoms with Crippen molar-refractivity contribution in [1.82, 2.24) is 0 Å². The van der Waals surface area contributed by atoms with E-state index in [0.717, 1.165) is 25.0 Å². The number of hydrogen-bond donors (Lipinski definition) is 0. The van der Waals surface area contributed by atoms with Gasteiger partial charge in [0.05, 0.1) is 0 Å². The molecule has 0 aromatic rings. The molecule has 1 fully saturated rings. The number of carbonyl (C=O) groups is 1. The van der Waals surface area contributed by atoms with E-state index in [1.807, 2.05) is 0 Å². The molecule has 0 amide bonds. The van der Waals surface area contributed by atoms with E-state index in [1.165, 1.54) is 25.7 Å². The lowest BCUT2D eigenvalue weighted by Gasteiger charge is -2.24. The zero-order valence-electron chi connectivity index (χ0n) is 7.38. The third-order valence-corrected chi connectivity index (χ3v) is 2.78. The standard InChI is InChI=1S/C10H18O/c1-2-3-9-4-6-10(8-11)7-5-9/h8-10H,2-7H2,1H3/t9-,10-. The first kappa shape index (κ1) is 8.76. The van der Waals surface area contributed by atoms with Gasteiger partial charge in [-0.1, -0.05) is 19.8 Å². The van der Waals surface area contributed by atoms with Crippen molar-refractivity contribution in [2.24, 2.45) is 11.8 Å². The minimum Gasteiger partial charge on any atom is -0.303 e. The molecule has 1 aliphatic rings. The molecule has 0 spiro atoms. The number of carbonyl (C=O) groups excluding carboxylic acids is 1. The third kappa shape index (κ3) is 2.64. The summed E-state index contributed by atoms with van der Waals surface area (Å²) in [7, 11) is 0. The number of rotatable bonds is 3. The Morgan fingerprint density at radius 3 is 2.36 bits per heavy atom. The number of aldehydes is 1. The van der Waals surface area contributed by atoms with Crippen LogP contribution in [0.2, 0.25) is 0 Å². The van der Waals surface area contributed by atoms with Crippen LogP contribution in [-0.4, -0.2) is 6.29 Å². The average molecular weight is 154 g/mol. The molecule has 0 unspecified atom stereocenters. The zero-order chi connectivity index (χ0) is 8.10. The highest BCUT2D eigenvalue weighted by Gasteiger charge is 2.19. The molecule has 0 atom stereocenters. The summed E-state index contributed by atoms with van der Waals surface area (Å²) in [5, 5.41) is 0. The fraction of sp³-hybridized carbons (Fsp3) is 0.900. The summed E-state index contributed by atoms with van der Waals surface area (Å²) < 4.78 is 0. The van der Waals surface area contributed by atoms with Gasteiger partial charge in [0.2, 0.25) is 0 Å². The maximum atomic E-state index is 10.4. The van der Waals surface area contributed by atoms with Gasteiger partial charge in [0, 0.05) is 5.92 Å². The highest BCUT2D eigenvalue weighted by atomic mass is 16.1. The van der Waals surface area contributed by atoms with E-state index in [9.17, 15) is 4.79 Å². The smallest absolute Gasteiger partial charge is 0.123 e. The van der Waals surface area contributed by atoms with Gasteiger partial charge in [-0.15, -0.1) is 0 Å². The second kappa shape index (κ2) is 4.53. The van der Waals surface area contributed by atoms with Gasteiger partial charge in [0.25, 0.3) is 0 Å². The first-order chi connectivity index (χ1) is 5.36. The van der Waals surface area contributed by atoms with Crippen LogP contribution in [0.3, 0.4) is 0 Å². The third-order valence-electron chi connectivity index (χ3n) is 2.78. The van der Waals surface area contributed by atoms with Gasteiger partial charge in [-0.3, -0.25) is 0 Å². The summed E-state index contributed by atoms with van der Waals surface area (Å²) in [5.41, 5.74) is 0. The van der Waals surface area contributed by atoms with E-state index in [0.29, 0.717) is 5.92 Å². The normalized spacial score (nSPS) is 31.7. The van der Waals surface area contributed by atoms with Crippen molar-refractivity contribution in [2.75, 3.05) is 0 Å². The summed E-state index contributed by atoms with van der Waals surface area (Å²) >= 11 is 0. The van der Waals surface area contributed by atoms with Crippen LogP contribution in [0.25, 0.3) is 0 Å². The Balaban J connectivity index is 2.18. The fourth-order valence-corrected chi connectivity index (χ4v) is 2.02. The van der Waals surface area contributed by atoms with Crippen molar-refractivity contribution in [3.8, 4) is 0 Å². The van der Waals surface area contributed by atoms with Crippen molar-refractivity contribution < 1.29 is 4.79 Å². The van der Waals surface area contributed by atoms with E-state index in [-0.39, 0.29) is 0 Å². The lowest BCUT2D eigenvalue weighted by Crippen LogP contribution is -2.14. The van der Waals surface area contributed by atoms with E-state index in [1.54, 1.807) is 0 Å². The van der Waals surface area contributed by atoms with E-state index in [2.05, 4.69) is 6.92 Å². The lowest BCUT2D eigenvalue weighted by molar-refractivity contribution is -0.112.